The Labute approximate surface area is 102 Å². The Morgan fingerprint density at radius 3 is 2.71 bits per heavy atom. The maximum Gasteiger partial charge on any atom is 0.120 e. The average molecular weight is 232 g/mol. The number of nitrogens with one attached hydrogen (secondary N) is 1. The predicted octanol–water partition coefficient (Wildman–Crippen LogP) is 3.15. The number of hydrogen-bond acceptors (Lipinski definition) is 2. The van der Waals surface area contributed by atoms with Crippen LogP contribution in [-0.4, -0.2) is 11.6 Å². The van der Waals surface area contributed by atoms with Crippen molar-refractivity contribution in [1.29, 1.82) is 0 Å². The molecule has 17 heavy (non-hydrogen) atoms. The van der Waals surface area contributed by atoms with Crippen LogP contribution < -0.4 is 10.5 Å². The Balaban J connectivity index is 2.60. The fourth-order valence-electron chi connectivity index (χ4n) is 2.32. The van der Waals surface area contributed by atoms with E-state index in [9.17, 15) is 0 Å². The van der Waals surface area contributed by atoms with Crippen molar-refractivity contribution >= 4 is 10.9 Å². The lowest BCUT2D eigenvalue weighted by Crippen LogP contribution is -2.01. The first kappa shape index (κ1) is 12.0. The van der Waals surface area contributed by atoms with Crippen molar-refractivity contribution in [3.8, 4) is 5.75 Å². The molecule has 0 aliphatic heterocycles. The predicted molar refractivity (Wildman–Crippen MR) is 71.4 cm³/mol. The molecule has 2 rings (SSSR count). The largest absolute Gasteiger partial charge is 0.494 e. The summed E-state index contributed by atoms with van der Waals surface area (Å²) in [7, 11) is 0. The summed E-state index contributed by atoms with van der Waals surface area (Å²) in [4.78, 5) is 3.38. The Morgan fingerprint density at radius 1 is 1.35 bits per heavy atom. The minimum absolute atomic E-state index is 0.458. The highest BCUT2D eigenvalue weighted by molar-refractivity contribution is 5.86. The van der Waals surface area contributed by atoms with Gasteiger partial charge in [-0.3, -0.25) is 0 Å². The van der Waals surface area contributed by atoms with Gasteiger partial charge in [-0.2, -0.15) is 0 Å². The van der Waals surface area contributed by atoms with Crippen LogP contribution in [0.2, 0.25) is 0 Å². The molecule has 0 spiro atoms. The molecule has 0 saturated heterocycles. The Bertz CT molecular complexity index is 514. The second kappa shape index (κ2) is 4.80. The zero-order valence-electron chi connectivity index (χ0n) is 10.7. The summed E-state index contributed by atoms with van der Waals surface area (Å²) in [5, 5.41) is 1.23. The summed E-state index contributed by atoms with van der Waals surface area (Å²) < 4.78 is 5.55. The van der Waals surface area contributed by atoms with E-state index in [0.717, 1.165) is 17.0 Å². The number of ether oxygens (including phenoxy) is 1. The number of nitrogens with two attached hydrogens (primary N) is 1. The standard InChI is InChI=1S/C14H20N2O/c1-4-17-10-5-6-12-11(7-10)14(9(2)3)13(8-15)16-12/h5-7,9,16H,4,8,15H2,1-3H3. The van der Waals surface area contributed by atoms with E-state index >= 15 is 0 Å². The molecule has 92 valence electrons. The highest BCUT2D eigenvalue weighted by atomic mass is 16.5. The molecule has 0 radical (unpaired) electrons. The van der Waals surface area contributed by atoms with Crippen LogP contribution in [-0.2, 0) is 6.54 Å². The van der Waals surface area contributed by atoms with Crippen molar-refractivity contribution in [2.75, 3.05) is 6.61 Å². The maximum absolute atomic E-state index is 5.79. The van der Waals surface area contributed by atoms with Crippen LogP contribution in [0.15, 0.2) is 18.2 Å². The quantitative estimate of drug-likeness (QED) is 0.850. The minimum atomic E-state index is 0.458. The molecule has 1 heterocycles. The second-order valence-electron chi connectivity index (χ2n) is 4.52. The van der Waals surface area contributed by atoms with Gasteiger partial charge in [-0.15, -0.1) is 0 Å². The van der Waals surface area contributed by atoms with Gasteiger partial charge in [0.05, 0.1) is 6.61 Å². The van der Waals surface area contributed by atoms with Crippen molar-refractivity contribution in [2.24, 2.45) is 5.73 Å². The summed E-state index contributed by atoms with van der Waals surface area (Å²) in [6.07, 6.45) is 0. The third kappa shape index (κ3) is 2.15. The number of aromatic amines is 1. The Hall–Kier alpha value is -1.48. The molecule has 0 fully saturated rings. The molecule has 1 aromatic carbocycles. The summed E-state index contributed by atoms with van der Waals surface area (Å²) in [5.74, 6) is 1.38. The molecule has 0 amide bonds. The molecule has 0 saturated carbocycles. The molecule has 0 bridgehead atoms. The normalized spacial score (nSPS) is 11.4. The van der Waals surface area contributed by atoms with Crippen molar-refractivity contribution in [2.45, 2.75) is 33.2 Å². The van der Waals surface area contributed by atoms with Gasteiger partial charge in [-0.1, -0.05) is 13.8 Å². The summed E-state index contributed by atoms with van der Waals surface area (Å²) in [6.45, 7) is 7.61. The van der Waals surface area contributed by atoms with E-state index in [1.54, 1.807) is 0 Å². The van der Waals surface area contributed by atoms with E-state index < -0.39 is 0 Å². The minimum Gasteiger partial charge on any atom is -0.494 e. The number of rotatable bonds is 4. The summed E-state index contributed by atoms with van der Waals surface area (Å²) in [5.41, 5.74) is 9.36. The van der Waals surface area contributed by atoms with E-state index in [4.69, 9.17) is 10.5 Å². The highest BCUT2D eigenvalue weighted by Gasteiger charge is 2.13. The first-order chi connectivity index (χ1) is 8.17. The van der Waals surface area contributed by atoms with E-state index in [1.807, 2.05) is 13.0 Å². The molecule has 3 nitrogen and oxygen atoms in total. The van der Waals surface area contributed by atoms with E-state index in [-0.39, 0.29) is 0 Å². The van der Waals surface area contributed by atoms with Gasteiger partial charge in [-0.25, -0.2) is 0 Å². The van der Waals surface area contributed by atoms with Gasteiger partial charge in [0, 0.05) is 23.1 Å². The van der Waals surface area contributed by atoms with Crippen LogP contribution in [0, 0.1) is 0 Å². The van der Waals surface area contributed by atoms with Gasteiger partial charge in [0.25, 0.3) is 0 Å². The van der Waals surface area contributed by atoms with E-state index in [1.165, 1.54) is 10.9 Å². The summed E-state index contributed by atoms with van der Waals surface area (Å²) >= 11 is 0. The molecular formula is C14H20N2O. The lowest BCUT2D eigenvalue weighted by Gasteiger charge is -2.07. The number of fused-ring (bicyclic) bond motifs is 1. The van der Waals surface area contributed by atoms with Crippen molar-refractivity contribution in [3.63, 3.8) is 0 Å². The Kier molecular flexibility index (Phi) is 3.38. The third-order valence-electron chi connectivity index (χ3n) is 2.98. The van der Waals surface area contributed by atoms with Gasteiger partial charge in [0.15, 0.2) is 0 Å². The molecule has 0 aliphatic carbocycles. The molecule has 0 atom stereocenters. The van der Waals surface area contributed by atoms with Crippen molar-refractivity contribution in [1.82, 2.24) is 4.98 Å². The van der Waals surface area contributed by atoms with Gasteiger partial charge >= 0.3 is 0 Å². The molecule has 3 heteroatoms. The number of H-pyrrole nitrogens is 1. The molecule has 0 aliphatic rings. The van der Waals surface area contributed by atoms with Crippen molar-refractivity contribution in [3.05, 3.63) is 29.5 Å². The Morgan fingerprint density at radius 2 is 2.12 bits per heavy atom. The van der Waals surface area contributed by atoms with Gasteiger partial charge < -0.3 is 15.5 Å². The second-order valence-corrected chi connectivity index (χ2v) is 4.52. The first-order valence-corrected chi connectivity index (χ1v) is 6.14. The van der Waals surface area contributed by atoms with Crippen LogP contribution in [0.25, 0.3) is 10.9 Å². The summed E-state index contributed by atoms with van der Waals surface area (Å²) in [6, 6.07) is 6.15. The average Bonchev–Trinajstić information content (AvgIpc) is 2.67. The fraction of sp³-hybridized carbons (Fsp3) is 0.429. The fourth-order valence-corrected chi connectivity index (χ4v) is 2.32. The topological polar surface area (TPSA) is 51.0 Å². The highest BCUT2D eigenvalue weighted by Crippen LogP contribution is 2.31. The third-order valence-corrected chi connectivity index (χ3v) is 2.98. The van der Waals surface area contributed by atoms with Gasteiger partial charge in [0.2, 0.25) is 0 Å². The van der Waals surface area contributed by atoms with Crippen LogP contribution in [0.5, 0.6) is 5.75 Å². The van der Waals surface area contributed by atoms with E-state index in [0.29, 0.717) is 19.1 Å². The number of benzene rings is 1. The SMILES string of the molecule is CCOc1ccc2[nH]c(CN)c(C(C)C)c2c1. The zero-order valence-corrected chi connectivity index (χ0v) is 10.7. The first-order valence-electron chi connectivity index (χ1n) is 6.14. The van der Waals surface area contributed by atoms with Crippen molar-refractivity contribution < 1.29 is 4.74 Å². The monoisotopic (exact) mass is 232 g/mol. The van der Waals surface area contributed by atoms with Gasteiger partial charge in [-0.05, 0) is 36.6 Å². The molecule has 1 aromatic heterocycles. The lowest BCUT2D eigenvalue weighted by molar-refractivity contribution is 0.340. The maximum atomic E-state index is 5.79. The van der Waals surface area contributed by atoms with Crippen LogP contribution in [0.3, 0.4) is 0 Å². The number of hydrogen-bond donors (Lipinski definition) is 2. The molecule has 0 unspecified atom stereocenters. The zero-order chi connectivity index (χ0) is 12.4. The van der Waals surface area contributed by atoms with Crippen LogP contribution in [0.1, 0.15) is 37.9 Å². The van der Waals surface area contributed by atoms with E-state index in [2.05, 4.69) is 31.0 Å². The molecule has 2 aromatic rings. The molecule has 3 N–H and O–H groups in total. The lowest BCUT2D eigenvalue weighted by atomic mass is 9.99. The van der Waals surface area contributed by atoms with Crippen LogP contribution in [0.4, 0.5) is 0 Å². The smallest absolute Gasteiger partial charge is 0.120 e. The van der Waals surface area contributed by atoms with Crippen LogP contribution >= 0.6 is 0 Å². The number of aromatic nitrogens is 1. The molecular weight excluding hydrogens is 212 g/mol. The van der Waals surface area contributed by atoms with Gasteiger partial charge in [0.1, 0.15) is 5.75 Å².